The fourth-order valence-electron chi connectivity index (χ4n) is 2.43. The van der Waals surface area contributed by atoms with Crippen LogP contribution in [0.15, 0.2) is 36.4 Å². The molecular weight excluding hydrogens is 249 g/mol. The molecular formula is C18H22FN. The molecule has 2 aromatic carbocycles. The molecule has 0 unspecified atom stereocenters. The van der Waals surface area contributed by atoms with Crippen molar-refractivity contribution < 1.29 is 4.39 Å². The van der Waals surface area contributed by atoms with Gasteiger partial charge in [0.25, 0.3) is 0 Å². The van der Waals surface area contributed by atoms with Gasteiger partial charge >= 0.3 is 0 Å². The molecule has 0 radical (unpaired) electrons. The van der Waals surface area contributed by atoms with Crippen molar-refractivity contribution in [2.75, 3.05) is 0 Å². The Hall–Kier alpha value is -1.67. The van der Waals surface area contributed by atoms with Crippen LogP contribution in [0, 0.1) is 19.7 Å². The minimum Gasteiger partial charge on any atom is -0.310 e. The molecule has 2 aromatic rings. The number of aryl methyl sites for hydroxylation is 2. The summed E-state index contributed by atoms with van der Waals surface area (Å²) in [6.45, 7) is 9.04. The molecule has 0 aromatic heterocycles. The normalized spacial score (nSPS) is 11.1. The van der Waals surface area contributed by atoms with Gasteiger partial charge in [-0.1, -0.05) is 49.2 Å². The number of halogens is 1. The third-order valence-corrected chi connectivity index (χ3v) is 3.30. The van der Waals surface area contributed by atoms with Gasteiger partial charge in [0.1, 0.15) is 5.82 Å². The van der Waals surface area contributed by atoms with Gasteiger partial charge in [0.2, 0.25) is 0 Å². The van der Waals surface area contributed by atoms with Gasteiger partial charge in [0.05, 0.1) is 0 Å². The molecule has 106 valence electrons. The third kappa shape index (κ3) is 3.67. The zero-order chi connectivity index (χ0) is 14.7. The Labute approximate surface area is 120 Å². The van der Waals surface area contributed by atoms with E-state index in [0.717, 1.165) is 16.7 Å². The molecule has 0 spiro atoms. The second-order valence-corrected chi connectivity index (χ2v) is 5.71. The van der Waals surface area contributed by atoms with Crippen LogP contribution in [-0.2, 0) is 6.54 Å². The first kappa shape index (κ1) is 14.7. The summed E-state index contributed by atoms with van der Waals surface area (Å²) in [5.41, 5.74) is 5.72. The first-order chi connectivity index (χ1) is 9.45. The van der Waals surface area contributed by atoms with Crippen LogP contribution in [-0.4, -0.2) is 6.04 Å². The second-order valence-electron chi connectivity index (χ2n) is 5.71. The van der Waals surface area contributed by atoms with Gasteiger partial charge in [-0.2, -0.15) is 0 Å². The highest BCUT2D eigenvalue weighted by molar-refractivity contribution is 5.68. The van der Waals surface area contributed by atoms with E-state index >= 15 is 0 Å². The predicted molar refractivity (Wildman–Crippen MR) is 83.3 cm³/mol. The average Bonchev–Trinajstić information content (AvgIpc) is 2.35. The summed E-state index contributed by atoms with van der Waals surface area (Å²) in [5, 5.41) is 3.36. The van der Waals surface area contributed by atoms with Crippen molar-refractivity contribution in [2.24, 2.45) is 0 Å². The van der Waals surface area contributed by atoms with E-state index in [2.05, 4.69) is 51.2 Å². The predicted octanol–water partition coefficient (Wildman–Crippen LogP) is 4.61. The summed E-state index contributed by atoms with van der Waals surface area (Å²) in [7, 11) is 0. The Morgan fingerprint density at radius 2 is 1.65 bits per heavy atom. The van der Waals surface area contributed by atoms with Crippen molar-refractivity contribution in [2.45, 2.75) is 40.3 Å². The molecule has 0 heterocycles. The zero-order valence-electron chi connectivity index (χ0n) is 12.6. The van der Waals surface area contributed by atoms with Crippen LogP contribution in [0.2, 0.25) is 0 Å². The Balaban J connectivity index is 2.44. The van der Waals surface area contributed by atoms with E-state index in [1.165, 1.54) is 17.2 Å². The monoisotopic (exact) mass is 271 g/mol. The fourth-order valence-corrected chi connectivity index (χ4v) is 2.43. The summed E-state index contributed by atoms with van der Waals surface area (Å²) < 4.78 is 13.5. The summed E-state index contributed by atoms with van der Waals surface area (Å²) in [5.74, 6) is -0.182. The molecule has 0 fully saturated rings. The smallest absolute Gasteiger partial charge is 0.123 e. The van der Waals surface area contributed by atoms with E-state index in [1.807, 2.05) is 6.07 Å². The van der Waals surface area contributed by atoms with Crippen LogP contribution in [0.3, 0.4) is 0 Å². The number of hydrogen-bond acceptors (Lipinski definition) is 1. The molecule has 2 rings (SSSR count). The van der Waals surface area contributed by atoms with Gasteiger partial charge in [-0.15, -0.1) is 0 Å². The lowest BCUT2D eigenvalue weighted by atomic mass is 9.96. The first-order valence-electron chi connectivity index (χ1n) is 7.06. The molecule has 0 atom stereocenters. The maximum atomic E-state index is 13.5. The Kier molecular flexibility index (Phi) is 4.56. The highest BCUT2D eigenvalue weighted by Gasteiger charge is 2.08. The van der Waals surface area contributed by atoms with E-state index in [1.54, 1.807) is 6.07 Å². The number of nitrogens with one attached hydrogen (secondary N) is 1. The molecule has 1 N–H and O–H groups in total. The van der Waals surface area contributed by atoms with Crippen molar-refractivity contribution in [3.8, 4) is 11.1 Å². The number of hydrogen-bond donors (Lipinski definition) is 1. The molecule has 0 bridgehead atoms. The summed E-state index contributed by atoms with van der Waals surface area (Å²) >= 11 is 0. The SMILES string of the molecule is Cc1cc(C)cc(-c2ccc(F)cc2CNC(C)C)c1. The zero-order valence-corrected chi connectivity index (χ0v) is 12.6. The molecule has 0 aliphatic carbocycles. The van der Waals surface area contributed by atoms with Crippen molar-refractivity contribution in [1.29, 1.82) is 0 Å². The number of benzene rings is 2. The van der Waals surface area contributed by atoms with Crippen LogP contribution < -0.4 is 5.32 Å². The standard InChI is InChI=1S/C18H22FN/c1-12(2)20-11-16-10-17(19)5-6-18(16)15-8-13(3)7-14(4)9-15/h5-10,12,20H,11H2,1-4H3. The lowest BCUT2D eigenvalue weighted by Gasteiger charge is -2.14. The molecule has 2 heteroatoms. The largest absolute Gasteiger partial charge is 0.310 e. The highest BCUT2D eigenvalue weighted by atomic mass is 19.1. The molecule has 0 aliphatic heterocycles. The third-order valence-electron chi connectivity index (χ3n) is 3.30. The van der Waals surface area contributed by atoms with Crippen molar-refractivity contribution in [3.05, 3.63) is 58.9 Å². The fraction of sp³-hybridized carbons (Fsp3) is 0.333. The van der Waals surface area contributed by atoms with Gasteiger partial charge in [-0.3, -0.25) is 0 Å². The minimum atomic E-state index is -0.182. The van der Waals surface area contributed by atoms with Crippen molar-refractivity contribution in [1.82, 2.24) is 5.32 Å². The summed E-state index contributed by atoms with van der Waals surface area (Å²) in [4.78, 5) is 0. The first-order valence-corrected chi connectivity index (χ1v) is 7.06. The van der Waals surface area contributed by atoms with Crippen LogP contribution in [0.1, 0.15) is 30.5 Å². The molecule has 1 nitrogen and oxygen atoms in total. The molecule has 20 heavy (non-hydrogen) atoms. The molecule has 0 aliphatic rings. The van der Waals surface area contributed by atoms with Crippen molar-refractivity contribution >= 4 is 0 Å². The number of rotatable bonds is 4. The van der Waals surface area contributed by atoms with Gasteiger partial charge in [-0.25, -0.2) is 4.39 Å². The van der Waals surface area contributed by atoms with Crippen LogP contribution >= 0.6 is 0 Å². The van der Waals surface area contributed by atoms with E-state index in [4.69, 9.17) is 0 Å². The van der Waals surface area contributed by atoms with E-state index in [9.17, 15) is 4.39 Å². The Morgan fingerprint density at radius 3 is 2.25 bits per heavy atom. The summed E-state index contributed by atoms with van der Waals surface area (Å²) in [6.07, 6.45) is 0. The second kappa shape index (κ2) is 6.19. The summed E-state index contributed by atoms with van der Waals surface area (Å²) in [6, 6.07) is 11.9. The van der Waals surface area contributed by atoms with Crippen LogP contribution in [0.4, 0.5) is 4.39 Å². The molecule has 0 saturated carbocycles. The Morgan fingerprint density at radius 1 is 1.00 bits per heavy atom. The Bertz CT molecular complexity index is 582. The molecule has 0 saturated heterocycles. The lowest BCUT2D eigenvalue weighted by Crippen LogP contribution is -2.22. The highest BCUT2D eigenvalue weighted by Crippen LogP contribution is 2.26. The lowest BCUT2D eigenvalue weighted by molar-refractivity contribution is 0.582. The van der Waals surface area contributed by atoms with Gasteiger partial charge in [-0.05, 0) is 42.7 Å². The van der Waals surface area contributed by atoms with Crippen molar-refractivity contribution in [3.63, 3.8) is 0 Å². The topological polar surface area (TPSA) is 12.0 Å². The van der Waals surface area contributed by atoms with Gasteiger partial charge < -0.3 is 5.32 Å². The van der Waals surface area contributed by atoms with Crippen LogP contribution in [0.25, 0.3) is 11.1 Å². The van der Waals surface area contributed by atoms with Gasteiger partial charge in [0.15, 0.2) is 0 Å². The van der Waals surface area contributed by atoms with E-state index < -0.39 is 0 Å². The average molecular weight is 271 g/mol. The maximum Gasteiger partial charge on any atom is 0.123 e. The van der Waals surface area contributed by atoms with Gasteiger partial charge in [0, 0.05) is 12.6 Å². The van der Waals surface area contributed by atoms with E-state index in [-0.39, 0.29) is 5.82 Å². The minimum absolute atomic E-state index is 0.182. The van der Waals surface area contributed by atoms with Crippen LogP contribution in [0.5, 0.6) is 0 Å². The molecule has 0 amide bonds. The quantitative estimate of drug-likeness (QED) is 0.856. The van der Waals surface area contributed by atoms with E-state index in [0.29, 0.717) is 12.6 Å². The maximum absolute atomic E-state index is 13.5.